The van der Waals surface area contributed by atoms with Crippen LogP contribution in [0.25, 0.3) is 0 Å². The van der Waals surface area contributed by atoms with Crippen LogP contribution in [-0.4, -0.2) is 15.7 Å². The smallest absolute Gasteiger partial charge is 0.252 e. The van der Waals surface area contributed by atoms with Gasteiger partial charge in [0.05, 0.1) is 18.0 Å². The van der Waals surface area contributed by atoms with Gasteiger partial charge < -0.3 is 16.2 Å². The number of carbonyl (C=O) groups is 1. The lowest BCUT2D eigenvalue weighted by atomic mass is 10.1. The molecule has 0 atom stereocenters. The highest BCUT2D eigenvalue weighted by atomic mass is 16.5. The van der Waals surface area contributed by atoms with Crippen molar-refractivity contribution in [3.63, 3.8) is 0 Å². The molecular weight excluding hydrogens is 244 g/mol. The van der Waals surface area contributed by atoms with E-state index in [0.717, 1.165) is 0 Å². The molecule has 0 fully saturated rings. The van der Waals surface area contributed by atoms with Crippen molar-refractivity contribution in [3.8, 4) is 11.5 Å². The maximum atomic E-state index is 11.3. The second kappa shape index (κ2) is 5.01. The summed E-state index contributed by atoms with van der Waals surface area (Å²) in [6.45, 7) is 4.01. The Morgan fingerprint density at radius 2 is 2.16 bits per heavy atom. The van der Waals surface area contributed by atoms with E-state index in [0.29, 0.717) is 17.2 Å². The molecule has 0 bridgehead atoms. The van der Waals surface area contributed by atoms with E-state index in [1.54, 1.807) is 35.3 Å². The van der Waals surface area contributed by atoms with E-state index in [-0.39, 0.29) is 11.6 Å². The summed E-state index contributed by atoms with van der Waals surface area (Å²) >= 11 is 0. The number of ether oxygens (including phenoxy) is 1. The first-order chi connectivity index (χ1) is 8.97. The summed E-state index contributed by atoms with van der Waals surface area (Å²) < 4.78 is 7.37. The highest BCUT2D eigenvalue weighted by Crippen LogP contribution is 2.27. The van der Waals surface area contributed by atoms with Crippen molar-refractivity contribution in [2.45, 2.75) is 19.9 Å². The second-order valence-corrected chi connectivity index (χ2v) is 4.47. The largest absolute Gasteiger partial charge is 0.453 e. The van der Waals surface area contributed by atoms with E-state index >= 15 is 0 Å². The van der Waals surface area contributed by atoms with Crippen LogP contribution in [0.2, 0.25) is 0 Å². The van der Waals surface area contributed by atoms with Crippen molar-refractivity contribution in [1.29, 1.82) is 0 Å². The van der Waals surface area contributed by atoms with Gasteiger partial charge in [0.2, 0.25) is 0 Å². The van der Waals surface area contributed by atoms with Gasteiger partial charge in [-0.15, -0.1) is 0 Å². The third-order valence-corrected chi connectivity index (χ3v) is 2.61. The minimum atomic E-state index is -0.564. The van der Waals surface area contributed by atoms with E-state index in [1.807, 2.05) is 13.8 Å². The highest BCUT2D eigenvalue weighted by molar-refractivity contribution is 5.96. The van der Waals surface area contributed by atoms with Crippen LogP contribution in [0.3, 0.4) is 0 Å². The van der Waals surface area contributed by atoms with Crippen molar-refractivity contribution >= 4 is 11.6 Å². The molecule has 6 heteroatoms. The lowest BCUT2D eigenvalue weighted by molar-refractivity contribution is 0.0998. The van der Waals surface area contributed by atoms with Crippen LogP contribution < -0.4 is 16.2 Å². The molecule has 2 aromatic rings. The minimum absolute atomic E-state index is 0.230. The summed E-state index contributed by atoms with van der Waals surface area (Å²) in [7, 11) is 0. The van der Waals surface area contributed by atoms with E-state index in [2.05, 4.69) is 5.10 Å². The van der Waals surface area contributed by atoms with Crippen LogP contribution in [0, 0.1) is 0 Å². The van der Waals surface area contributed by atoms with Crippen molar-refractivity contribution < 1.29 is 9.53 Å². The summed E-state index contributed by atoms with van der Waals surface area (Å²) in [6.07, 6.45) is 3.33. The Bertz CT molecular complexity index is 604. The molecule has 0 radical (unpaired) electrons. The molecule has 0 aliphatic heterocycles. The van der Waals surface area contributed by atoms with Crippen LogP contribution in [-0.2, 0) is 0 Å². The number of carbonyl (C=O) groups excluding carboxylic acids is 1. The number of amides is 1. The Labute approximate surface area is 111 Å². The van der Waals surface area contributed by atoms with Gasteiger partial charge in [0.25, 0.3) is 5.91 Å². The normalized spacial score (nSPS) is 10.7. The molecule has 1 aromatic carbocycles. The maximum absolute atomic E-state index is 11.3. The molecule has 0 saturated carbocycles. The topological polar surface area (TPSA) is 96.2 Å². The molecule has 0 unspecified atom stereocenters. The van der Waals surface area contributed by atoms with Crippen LogP contribution >= 0.6 is 0 Å². The molecule has 6 nitrogen and oxygen atoms in total. The van der Waals surface area contributed by atoms with E-state index in [9.17, 15) is 4.79 Å². The third kappa shape index (κ3) is 2.85. The van der Waals surface area contributed by atoms with Crippen LogP contribution in [0.4, 0.5) is 5.69 Å². The standard InChI is InChI=1S/C13H16N4O2/c1-8(2)17-7-10(6-16-17)19-12-5-9(14)3-4-11(12)13(15)18/h3-8H,14H2,1-2H3,(H2,15,18). The lowest BCUT2D eigenvalue weighted by Crippen LogP contribution is -2.12. The first kappa shape index (κ1) is 12.9. The van der Waals surface area contributed by atoms with Gasteiger partial charge in [-0.2, -0.15) is 5.10 Å². The van der Waals surface area contributed by atoms with Gasteiger partial charge in [-0.05, 0) is 26.0 Å². The molecular formula is C13H16N4O2. The van der Waals surface area contributed by atoms with Gasteiger partial charge in [-0.1, -0.05) is 0 Å². The average molecular weight is 260 g/mol. The number of nitrogen functional groups attached to an aromatic ring is 1. The van der Waals surface area contributed by atoms with E-state index in [1.165, 1.54) is 0 Å². The molecule has 100 valence electrons. The van der Waals surface area contributed by atoms with Crippen molar-refractivity contribution in [3.05, 3.63) is 36.2 Å². The number of nitrogens with zero attached hydrogens (tertiary/aromatic N) is 2. The summed E-state index contributed by atoms with van der Waals surface area (Å²) in [6, 6.07) is 4.94. The Hall–Kier alpha value is -2.50. The van der Waals surface area contributed by atoms with Gasteiger partial charge in [0, 0.05) is 17.8 Å². The summed E-state index contributed by atoms with van der Waals surface area (Å²) in [5, 5.41) is 4.15. The van der Waals surface area contributed by atoms with E-state index in [4.69, 9.17) is 16.2 Å². The molecule has 4 N–H and O–H groups in total. The van der Waals surface area contributed by atoms with Gasteiger partial charge in [-0.25, -0.2) is 0 Å². The monoisotopic (exact) mass is 260 g/mol. The summed E-state index contributed by atoms with van der Waals surface area (Å²) in [4.78, 5) is 11.3. The lowest BCUT2D eigenvalue weighted by Gasteiger charge is -2.08. The van der Waals surface area contributed by atoms with E-state index < -0.39 is 5.91 Å². The van der Waals surface area contributed by atoms with Crippen LogP contribution in [0.5, 0.6) is 11.5 Å². The Kier molecular flexibility index (Phi) is 3.41. The van der Waals surface area contributed by atoms with Crippen molar-refractivity contribution in [1.82, 2.24) is 9.78 Å². The average Bonchev–Trinajstić information content (AvgIpc) is 2.77. The molecule has 19 heavy (non-hydrogen) atoms. The Balaban J connectivity index is 2.31. The Morgan fingerprint density at radius 1 is 1.42 bits per heavy atom. The summed E-state index contributed by atoms with van der Waals surface area (Å²) in [5.41, 5.74) is 11.8. The zero-order valence-corrected chi connectivity index (χ0v) is 10.8. The van der Waals surface area contributed by atoms with Crippen molar-refractivity contribution in [2.24, 2.45) is 5.73 Å². The van der Waals surface area contributed by atoms with Crippen molar-refractivity contribution in [2.75, 3.05) is 5.73 Å². The predicted octanol–water partition coefficient (Wildman–Crippen LogP) is 1.94. The molecule has 0 aliphatic carbocycles. The van der Waals surface area contributed by atoms with Crippen LogP contribution in [0.15, 0.2) is 30.6 Å². The number of nitrogens with two attached hydrogens (primary N) is 2. The van der Waals surface area contributed by atoms with Gasteiger partial charge in [0.1, 0.15) is 5.75 Å². The molecule has 1 amide bonds. The number of primary amides is 1. The number of hydrogen-bond donors (Lipinski definition) is 2. The minimum Gasteiger partial charge on any atom is -0.453 e. The second-order valence-electron chi connectivity index (χ2n) is 4.47. The highest BCUT2D eigenvalue weighted by Gasteiger charge is 2.12. The SMILES string of the molecule is CC(C)n1cc(Oc2cc(N)ccc2C(N)=O)cn1. The zero-order chi connectivity index (χ0) is 14.0. The molecule has 1 heterocycles. The number of aromatic nitrogens is 2. The fourth-order valence-corrected chi connectivity index (χ4v) is 1.61. The first-order valence-electron chi connectivity index (χ1n) is 5.88. The number of hydrogen-bond acceptors (Lipinski definition) is 4. The fourth-order valence-electron chi connectivity index (χ4n) is 1.61. The molecule has 0 saturated heterocycles. The summed E-state index contributed by atoms with van der Waals surface area (Å²) in [5.74, 6) is 0.295. The molecule has 0 spiro atoms. The predicted molar refractivity (Wildman–Crippen MR) is 72.1 cm³/mol. The Morgan fingerprint density at radius 3 is 2.74 bits per heavy atom. The molecule has 0 aliphatic rings. The zero-order valence-electron chi connectivity index (χ0n) is 10.8. The number of rotatable bonds is 4. The van der Waals surface area contributed by atoms with Gasteiger partial charge in [-0.3, -0.25) is 9.48 Å². The quantitative estimate of drug-likeness (QED) is 0.821. The molecule has 1 aromatic heterocycles. The van der Waals surface area contributed by atoms with Crippen LogP contribution in [0.1, 0.15) is 30.2 Å². The number of anilines is 1. The third-order valence-electron chi connectivity index (χ3n) is 2.61. The molecule has 2 rings (SSSR count). The first-order valence-corrected chi connectivity index (χ1v) is 5.88. The maximum Gasteiger partial charge on any atom is 0.252 e. The van der Waals surface area contributed by atoms with Gasteiger partial charge >= 0.3 is 0 Å². The number of benzene rings is 1. The van der Waals surface area contributed by atoms with Gasteiger partial charge in [0.15, 0.2) is 5.75 Å². The fraction of sp³-hybridized carbons (Fsp3) is 0.231.